The van der Waals surface area contributed by atoms with E-state index in [9.17, 15) is 9.90 Å². The van der Waals surface area contributed by atoms with Crippen LogP contribution in [0, 0.1) is 11.8 Å². The van der Waals surface area contributed by atoms with Crippen molar-refractivity contribution >= 4 is 29.9 Å². The van der Waals surface area contributed by atoms with Crippen LogP contribution in [0.3, 0.4) is 0 Å². The fourth-order valence-corrected chi connectivity index (χ4v) is 3.71. The molecule has 4 N–H and O–H groups in total. The maximum absolute atomic E-state index is 12.3. The molecule has 3 rings (SSSR count). The summed E-state index contributed by atoms with van der Waals surface area (Å²) in [4.78, 5) is 12.3. The average molecular weight is 391 g/mol. The molecule has 0 radical (unpaired) electrons. The third kappa shape index (κ3) is 4.50. The Balaban J connectivity index is 0.00000225. The van der Waals surface area contributed by atoms with Crippen LogP contribution in [0.1, 0.15) is 30.9 Å². The van der Waals surface area contributed by atoms with Crippen molar-refractivity contribution in [3.8, 4) is 11.5 Å². The summed E-state index contributed by atoms with van der Waals surface area (Å²) in [5, 5.41) is 13.6. The predicted octanol–water partition coefficient (Wildman–Crippen LogP) is 2.06. The van der Waals surface area contributed by atoms with E-state index in [0.717, 1.165) is 19.3 Å². The Labute approximate surface area is 158 Å². The van der Waals surface area contributed by atoms with Crippen LogP contribution in [0.4, 0.5) is 0 Å². The van der Waals surface area contributed by atoms with Gasteiger partial charge in [-0.3, -0.25) is 4.79 Å². The highest BCUT2D eigenvalue weighted by molar-refractivity contribution is 6.32. The van der Waals surface area contributed by atoms with Crippen molar-refractivity contribution < 1.29 is 19.4 Å². The quantitative estimate of drug-likeness (QED) is 0.715. The highest BCUT2D eigenvalue weighted by atomic mass is 35.5. The second-order valence-electron chi connectivity index (χ2n) is 6.32. The molecular formula is C17H24Cl2N2O4. The molecule has 1 heterocycles. The van der Waals surface area contributed by atoms with Gasteiger partial charge in [0.15, 0.2) is 11.5 Å². The number of hydrogen-bond acceptors (Lipinski definition) is 5. The van der Waals surface area contributed by atoms with E-state index in [1.807, 2.05) is 0 Å². The van der Waals surface area contributed by atoms with Crippen LogP contribution < -0.4 is 20.5 Å². The molecule has 3 atom stereocenters. The fraction of sp³-hybridized carbons (Fsp3) is 0.588. The van der Waals surface area contributed by atoms with E-state index in [-0.39, 0.29) is 36.7 Å². The number of nitrogens with one attached hydrogen (secondary N) is 1. The molecule has 1 unspecified atom stereocenters. The van der Waals surface area contributed by atoms with Crippen LogP contribution in [0.15, 0.2) is 12.1 Å². The summed E-state index contributed by atoms with van der Waals surface area (Å²) in [5.41, 5.74) is 6.31. The first kappa shape index (κ1) is 20.1. The van der Waals surface area contributed by atoms with E-state index in [0.29, 0.717) is 41.8 Å². The number of fused-ring (bicyclic) bond motifs is 1. The third-order valence-corrected chi connectivity index (χ3v) is 5.05. The average Bonchev–Trinajstić information content (AvgIpc) is 3.08. The largest absolute Gasteiger partial charge is 0.486 e. The number of benzene rings is 1. The van der Waals surface area contributed by atoms with E-state index in [2.05, 4.69) is 5.32 Å². The number of rotatable bonds is 5. The zero-order chi connectivity index (χ0) is 17.1. The number of aliphatic hydroxyl groups excluding tert-OH is 1. The predicted molar refractivity (Wildman–Crippen MR) is 97.5 cm³/mol. The number of carbonyl (C=O) groups excluding carboxylic acids is 1. The maximum Gasteiger partial charge on any atom is 0.223 e. The zero-order valence-electron chi connectivity index (χ0n) is 13.9. The highest BCUT2D eigenvalue weighted by Gasteiger charge is 2.32. The lowest BCUT2D eigenvalue weighted by molar-refractivity contribution is -0.126. The van der Waals surface area contributed by atoms with Crippen molar-refractivity contribution in [1.29, 1.82) is 0 Å². The second-order valence-corrected chi connectivity index (χ2v) is 6.73. The minimum absolute atomic E-state index is 0. The molecule has 1 amide bonds. The molecular weight excluding hydrogens is 367 g/mol. The summed E-state index contributed by atoms with van der Waals surface area (Å²) in [6, 6.07) is 3.35. The lowest BCUT2D eigenvalue weighted by atomic mass is 9.95. The van der Waals surface area contributed by atoms with Crippen molar-refractivity contribution in [2.75, 3.05) is 26.3 Å². The van der Waals surface area contributed by atoms with Gasteiger partial charge in [-0.25, -0.2) is 0 Å². The first-order valence-electron chi connectivity index (χ1n) is 8.35. The maximum atomic E-state index is 12.3. The number of halogens is 2. The lowest BCUT2D eigenvalue weighted by Crippen LogP contribution is -2.37. The first-order valence-corrected chi connectivity index (χ1v) is 8.73. The molecule has 140 valence electrons. The van der Waals surface area contributed by atoms with E-state index < -0.39 is 6.10 Å². The molecule has 8 heteroatoms. The number of aliphatic hydroxyl groups is 1. The molecule has 0 spiro atoms. The monoisotopic (exact) mass is 390 g/mol. The van der Waals surface area contributed by atoms with Gasteiger partial charge in [-0.15, -0.1) is 12.4 Å². The SMILES string of the molecule is Cl.NC[C@H]1CCC[C@H]1C(=O)NCC(O)c1cc(Cl)c2c(c1)OCCO2. The molecule has 2 aliphatic rings. The number of ether oxygens (including phenoxy) is 2. The number of amides is 1. The molecule has 1 saturated carbocycles. The first-order chi connectivity index (χ1) is 11.6. The molecule has 1 aliphatic heterocycles. The van der Waals surface area contributed by atoms with Crippen LogP contribution in [-0.4, -0.2) is 37.3 Å². The van der Waals surface area contributed by atoms with E-state index in [1.54, 1.807) is 12.1 Å². The Kier molecular flexibility index (Phi) is 7.19. The lowest BCUT2D eigenvalue weighted by Gasteiger charge is -2.22. The van der Waals surface area contributed by atoms with Gasteiger partial charge in [0.1, 0.15) is 13.2 Å². The van der Waals surface area contributed by atoms with Gasteiger partial charge in [-0.1, -0.05) is 18.0 Å². The van der Waals surface area contributed by atoms with Gasteiger partial charge in [0, 0.05) is 12.5 Å². The number of hydrogen-bond donors (Lipinski definition) is 3. The summed E-state index contributed by atoms with van der Waals surface area (Å²) >= 11 is 6.18. The fourth-order valence-electron chi connectivity index (χ4n) is 3.43. The van der Waals surface area contributed by atoms with Gasteiger partial charge in [0.25, 0.3) is 0 Å². The van der Waals surface area contributed by atoms with Crippen molar-refractivity contribution in [2.24, 2.45) is 17.6 Å². The third-order valence-electron chi connectivity index (χ3n) is 4.77. The minimum atomic E-state index is -0.861. The van der Waals surface area contributed by atoms with Gasteiger partial charge in [-0.05, 0) is 43.0 Å². The minimum Gasteiger partial charge on any atom is -0.486 e. The van der Waals surface area contributed by atoms with E-state index in [4.69, 9.17) is 26.8 Å². The molecule has 1 fully saturated rings. The van der Waals surface area contributed by atoms with Crippen molar-refractivity contribution in [1.82, 2.24) is 5.32 Å². The summed E-state index contributed by atoms with van der Waals surface area (Å²) in [6.07, 6.45) is 2.02. The molecule has 6 nitrogen and oxygen atoms in total. The Morgan fingerprint density at radius 1 is 1.36 bits per heavy atom. The molecule has 1 aromatic carbocycles. The Morgan fingerprint density at radius 3 is 2.88 bits per heavy atom. The zero-order valence-corrected chi connectivity index (χ0v) is 15.4. The summed E-state index contributed by atoms with van der Waals surface area (Å²) < 4.78 is 11.0. The summed E-state index contributed by atoms with van der Waals surface area (Å²) in [6.45, 7) is 1.55. The molecule has 1 aromatic rings. The Morgan fingerprint density at radius 2 is 2.12 bits per heavy atom. The van der Waals surface area contributed by atoms with Crippen molar-refractivity contribution in [3.63, 3.8) is 0 Å². The van der Waals surface area contributed by atoms with Gasteiger partial charge >= 0.3 is 0 Å². The topological polar surface area (TPSA) is 93.8 Å². The van der Waals surface area contributed by atoms with Gasteiger partial charge in [-0.2, -0.15) is 0 Å². The van der Waals surface area contributed by atoms with Crippen LogP contribution in [0.25, 0.3) is 0 Å². The Bertz CT molecular complexity index is 615. The van der Waals surface area contributed by atoms with E-state index in [1.165, 1.54) is 0 Å². The smallest absolute Gasteiger partial charge is 0.223 e. The summed E-state index contributed by atoms with van der Waals surface area (Å²) in [5.74, 6) is 1.18. The van der Waals surface area contributed by atoms with Crippen LogP contribution in [0.5, 0.6) is 11.5 Å². The van der Waals surface area contributed by atoms with Crippen LogP contribution in [0.2, 0.25) is 5.02 Å². The Hall–Kier alpha value is -1.21. The van der Waals surface area contributed by atoms with Crippen molar-refractivity contribution in [2.45, 2.75) is 25.4 Å². The van der Waals surface area contributed by atoms with Crippen molar-refractivity contribution in [3.05, 3.63) is 22.7 Å². The second kappa shape index (κ2) is 8.94. The molecule has 0 saturated heterocycles. The van der Waals surface area contributed by atoms with Gasteiger partial charge in [0.2, 0.25) is 5.91 Å². The molecule has 1 aliphatic carbocycles. The van der Waals surface area contributed by atoms with Gasteiger partial charge < -0.3 is 25.6 Å². The standard InChI is InChI=1S/C17H23ClN2O4.ClH/c18-13-6-11(7-15-16(13)24-5-4-23-15)14(21)9-20-17(22)12-3-1-2-10(12)8-19;/h6-7,10,12,14,21H,1-5,8-9,19H2,(H,20,22);1H/t10-,12-,14?;/m1./s1. The van der Waals surface area contributed by atoms with Gasteiger partial charge in [0.05, 0.1) is 11.1 Å². The highest BCUT2D eigenvalue weighted by Crippen LogP contribution is 2.39. The number of nitrogens with two attached hydrogens (primary N) is 1. The molecule has 0 bridgehead atoms. The molecule has 0 aromatic heterocycles. The van der Waals surface area contributed by atoms with Crippen LogP contribution >= 0.6 is 24.0 Å². The normalized spacial score (nSPS) is 22.8. The number of carbonyl (C=O) groups is 1. The molecule has 25 heavy (non-hydrogen) atoms. The van der Waals surface area contributed by atoms with Crippen LogP contribution in [-0.2, 0) is 4.79 Å². The summed E-state index contributed by atoms with van der Waals surface area (Å²) in [7, 11) is 0. The van der Waals surface area contributed by atoms with E-state index >= 15 is 0 Å².